The van der Waals surface area contributed by atoms with Gasteiger partial charge in [0, 0.05) is 51.0 Å². The third-order valence-corrected chi connectivity index (χ3v) is 6.50. The molecule has 2 N–H and O–H groups in total. The number of allylic oxidation sites excluding steroid dienone is 3. The van der Waals surface area contributed by atoms with Crippen molar-refractivity contribution in [1.82, 2.24) is 5.32 Å². The molecule has 33 heavy (non-hydrogen) atoms. The van der Waals surface area contributed by atoms with Crippen LogP contribution >= 0.6 is 23.2 Å². The fraction of sp³-hybridized carbons (Fsp3) is 0.280. The van der Waals surface area contributed by atoms with Gasteiger partial charge in [0.2, 0.25) is 0 Å². The van der Waals surface area contributed by atoms with Gasteiger partial charge >= 0.3 is 0 Å². The Hall–Kier alpha value is -2.70. The van der Waals surface area contributed by atoms with Gasteiger partial charge in [-0.25, -0.2) is 8.78 Å². The van der Waals surface area contributed by atoms with E-state index in [0.29, 0.717) is 45.8 Å². The van der Waals surface area contributed by atoms with E-state index in [1.165, 1.54) is 0 Å². The van der Waals surface area contributed by atoms with E-state index in [1.807, 2.05) is 13.8 Å². The molecule has 1 amide bonds. The van der Waals surface area contributed by atoms with Crippen LogP contribution < -0.4 is 10.6 Å². The second kappa shape index (κ2) is 8.58. The van der Waals surface area contributed by atoms with Gasteiger partial charge in [-0.1, -0.05) is 43.1 Å². The first-order valence-electron chi connectivity index (χ1n) is 10.4. The Bertz CT molecular complexity index is 1250. The lowest BCUT2D eigenvalue weighted by Gasteiger charge is -2.39. The molecule has 1 atom stereocenters. The van der Waals surface area contributed by atoms with Crippen molar-refractivity contribution in [3.8, 4) is 0 Å². The molecule has 0 saturated heterocycles. The summed E-state index contributed by atoms with van der Waals surface area (Å²) >= 11 is 12.6. The number of hydrogen-bond donors (Lipinski definition) is 2. The second-order valence-corrected chi connectivity index (χ2v) is 10.0. The molecule has 2 aromatic carbocycles. The molecule has 2 aromatic rings. The first kappa shape index (κ1) is 23.5. The predicted octanol–water partition coefficient (Wildman–Crippen LogP) is 6.51. The van der Waals surface area contributed by atoms with Gasteiger partial charge in [0.05, 0.1) is 5.69 Å². The maximum Gasteiger partial charge on any atom is 0.254 e. The molecule has 0 fully saturated rings. The molecule has 1 heterocycles. The van der Waals surface area contributed by atoms with E-state index in [1.54, 1.807) is 25.1 Å². The minimum absolute atomic E-state index is 0.0875. The number of carbonyl (C=O) groups is 2. The summed E-state index contributed by atoms with van der Waals surface area (Å²) in [4.78, 5) is 26.7. The fourth-order valence-electron chi connectivity index (χ4n) is 4.56. The van der Waals surface area contributed by atoms with Crippen LogP contribution in [0.5, 0.6) is 0 Å². The van der Waals surface area contributed by atoms with E-state index in [9.17, 15) is 18.4 Å². The molecule has 1 unspecified atom stereocenters. The third-order valence-electron chi connectivity index (χ3n) is 5.94. The fourth-order valence-corrected chi connectivity index (χ4v) is 5.08. The summed E-state index contributed by atoms with van der Waals surface area (Å²) in [5.74, 6) is -3.13. The number of ketones is 1. The average molecular weight is 491 g/mol. The highest BCUT2D eigenvalue weighted by atomic mass is 35.5. The van der Waals surface area contributed by atoms with Gasteiger partial charge in [0.25, 0.3) is 5.91 Å². The van der Waals surface area contributed by atoms with Crippen LogP contribution in [0, 0.1) is 17.0 Å². The van der Waals surface area contributed by atoms with Crippen LogP contribution in [0.15, 0.2) is 58.9 Å². The number of anilines is 1. The van der Waals surface area contributed by atoms with Crippen molar-refractivity contribution in [2.45, 2.75) is 39.5 Å². The number of rotatable bonds is 3. The number of Topliss-reactive ketones (excluding diaryl/α,β-unsaturated/α-hetero) is 1. The highest BCUT2D eigenvalue weighted by Gasteiger charge is 2.43. The lowest BCUT2D eigenvalue weighted by molar-refractivity contribution is -0.118. The number of benzene rings is 2. The highest BCUT2D eigenvalue weighted by Crippen LogP contribution is 2.48. The van der Waals surface area contributed by atoms with E-state index in [4.69, 9.17) is 23.2 Å². The normalized spacial score (nSPS) is 19.8. The molecule has 4 nitrogen and oxygen atoms in total. The Labute approximate surface area is 200 Å². The molecule has 1 aliphatic heterocycles. The van der Waals surface area contributed by atoms with E-state index < -0.39 is 23.5 Å². The molecular formula is C25H22Cl2F2N2O2. The minimum atomic E-state index is -0.901. The maximum atomic E-state index is 14.2. The summed E-state index contributed by atoms with van der Waals surface area (Å²) < 4.78 is 27.5. The number of carbonyl (C=O) groups excluding carboxylic acids is 2. The van der Waals surface area contributed by atoms with Crippen molar-refractivity contribution in [2.75, 3.05) is 5.32 Å². The lowest BCUT2D eigenvalue weighted by atomic mass is 9.68. The summed E-state index contributed by atoms with van der Waals surface area (Å²) in [7, 11) is 0. The number of halogens is 4. The Kier molecular flexibility index (Phi) is 6.10. The van der Waals surface area contributed by atoms with E-state index in [-0.39, 0.29) is 22.5 Å². The molecule has 2 aliphatic rings. The lowest BCUT2D eigenvalue weighted by Crippen LogP contribution is -2.39. The first-order valence-corrected chi connectivity index (χ1v) is 11.2. The smallest absolute Gasteiger partial charge is 0.254 e. The van der Waals surface area contributed by atoms with Gasteiger partial charge in [-0.15, -0.1) is 0 Å². The van der Waals surface area contributed by atoms with Crippen LogP contribution in [0.25, 0.3) is 0 Å². The number of amides is 1. The highest BCUT2D eigenvalue weighted by molar-refractivity contribution is 6.35. The molecule has 0 bridgehead atoms. The molecule has 0 aromatic heterocycles. The van der Waals surface area contributed by atoms with Crippen LogP contribution in [0.4, 0.5) is 14.5 Å². The minimum Gasteiger partial charge on any atom is -0.362 e. The van der Waals surface area contributed by atoms with Gasteiger partial charge in [-0.3, -0.25) is 9.59 Å². The number of nitrogens with one attached hydrogen (secondary N) is 2. The van der Waals surface area contributed by atoms with Crippen LogP contribution in [0.1, 0.15) is 45.1 Å². The summed E-state index contributed by atoms with van der Waals surface area (Å²) in [6, 6.07) is 7.79. The Morgan fingerprint density at radius 1 is 1.12 bits per heavy atom. The van der Waals surface area contributed by atoms with E-state index in [0.717, 1.165) is 17.8 Å². The van der Waals surface area contributed by atoms with Crippen LogP contribution in [-0.2, 0) is 9.59 Å². The zero-order valence-corrected chi connectivity index (χ0v) is 19.8. The molecule has 8 heteroatoms. The standard InChI is InChI=1S/C25H22Cl2F2N2O2/c1-12-21(24(33)31-18-7-5-14(28)9-17(18)29)22(15-6-4-13(26)8-16(15)27)23-19(30-12)10-25(2,3)11-20(23)32/h4-9,22,30H,10-11H2,1-3H3,(H,31,33). The van der Waals surface area contributed by atoms with Crippen LogP contribution in [-0.4, -0.2) is 11.7 Å². The van der Waals surface area contributed by atoms with Crippen molar-refractivity contribution in [1.29, 1.82) is 0 Å². The Morgan fingerprint density at radius 3 is 2.52 bits per heavy atom. The topological polar surface area (TPSA) is 58.2 Å². The zero-order valence-electron chi connectivity index (χ0n) is 18.3. The van der Waals surface area contributed by atoms with Crippen LogP contribution in [0.3, 0.4) is 0 Å². The monoisotopic (exact) mass is 490 g/mol. The maximum absolute atomic E-state index is 14.2. The molecule has 172 valence electrons. The third kappa shape index (κ3) is 4.55. The van der Waals surface area contributed by atoms with Crippen molar-refractivity contribution in [3.63, 3.8) is 0 Å². The molecule has 0 spiro atoms. The molecular weight excluding hydrogens is 469 g/mol. The van der Waals surface area contributed by atoms with Crippen molar-refractivity contribution in [3.05, 3.63) is 86.2 Å². The van der Waals surface area contributed by atoms with Gasteiger partial charge in [0.1, 0.15) is 11.6 Å². The molecule has 4 rings (SSSR count). The summed E-state index contributed by atoms with van der Waals surface area (Å²) in [6.07, 6.45) is 0.935. The van der Waals surface area contributed by atoms with Gasteiger partial charge in [0.15, 0.2) is 5.78 Å². The number of dihydropyridines is 1. The first-order chi connectivity index (χ1) is 15.5. The average Bonchev–Trinajstić information content (AvgIpc) is 2.68. The molecule has 0 radical (unpaired) electrons. The van der Waals surface area contributed by atoms with E-state index in [2.05, 4.69) is 10.6 Å². The summed E-state index contributed by atoms with van der Waals surface area (Å²) in [6.45, 7) is 5.75. The number of hydrogen-bond acceptors (Lipinski definition) is 3. The van der Waals surface area contributed by atoms with Crippen molar-refractivity contribution >= 4 is 40.6 Å². The largest absolute Gasteiger partial charge is 0.362 e. The quantitative estimate of drug-likeness (QED) is 0.515. The van der Waals surface area contributed by atoms with Gasteiger partial charge in [-0.05, 0) is 48.6 Å². The molecule has 1 aliphatic carbocycles. The Morgan fingerprint density at radius 2 is 1.85 bits per heavy atom. The van der Waals surface area contributed by atoms with E-state index >= 15 is 0 Å². The van der Waals surface area contributed by atoms with Gasteiger partial charge < -0.3 is 10.6 Å². The summed E-state index contributed by atoms with van der Waals surface area (Å²) in [5.41, 5.74) is 2.10. The van der Waals surface area contributed by atoms with Gasteiger partial charge in [-0.2, -0.15) is 0 Å². The zero-order chi connectivity index (χ0) is 24.1. The molecule has 0 saturated carbocycles. The van der Waals surface area contributed by atoms with Crippen molar-refractivity contribution in [2.24, 2.45) is 5.41 Å². The SMILES string of the molecule is CC1=C(C(=O)Nc2ccc(F)cc2F)C(c2ccc(Cl)cc2Cl)C2=C(CC(C)(C)CC2=O)N1. The van der Waals surface area contributed by atoms with Crippen LogP contribution in [0.2, 0.25) is 10.0 Å². The predicted molar refractivity (Wildman–Crippen MR) is 125 cm³/mol. The Balaban J connectivity index is 1.84. The summed E-state index contributed by atoms with van der Waals surface area (Å²) in [5, 5.41) is 6.47. The van der Waals surface area contributed by atoms with Crippen molar-refractivity contribution < 1.29 is 18.4 Å². The second-order valence-electron chi connectivity index (χ2n) is 9.17.